The standard InChI is InChI=1S/C26H39N/c1-3-5-7-9-13-19-26(18-12-8-6-4-2)24-15-11-10-14-22(24)23-17-16-21(27)20-25(23)26/h14-17,20H,3-13,18-19,27H2,1-2H3. The van der Waals surface area contributed by atoms with Crippen molar-refractivity contribution < 1.29 is 0 Å². The van der Waals surface area contributed by atoms with Gasteiger partial charge in [0, 0.05) is 11.1 Å². The van der Waals surface area contributed by atoms with Crippen LogP contribution in [-0.4, -0.2) is 0 Å². The number of rotatable bonds is 11. The Bertz CT molecular complexity index is 681. The lowest BCUT2D eigenvalue weighted by atomic mass is 9.69. The van der Waals surface area contributed by atoms with Crippen molar-refractivity contribution in [3.63, 3.8) is 0 Å². The van der Waals surface area contributed by atoms with Gasteiger partial charge in [0.15, 0.2) is 0 Å². The molecule has 1 nitrogen and oxygen atoms in total. The predicted molar refractivity (Wildman–Crippen MR) is 120 cm³/mol. The fourth-order valence-electron chi connectivity index (χ4n) is 5.27. The van der Waals surface area contributed by atoms with Gasteiger partial charge in [-0.1, -0.05) is 89.9 Å². The van der Waals surface area contributed by atoms with E-state index in [2.05, 4.69) is 44.2 Å². The van der Waals surface area contributed by atoms with Crippen LogP contribution in [0.15, 0.2) is 35.9 Å². The largest absolute Gasteiger partial charge is 0.399 e. The van der Waals surface area contributed by atoms with Crippen molar-refractivity contribution in [2.75, 3.05) is 5.73 Å². The van der Waals surface area contributed by atoms with Crippen molar-refractivity contribution in [1.29, 1.82) is 0 Å². The van der Waals surface area contributed by atoms with Crippen molar-refractivity contribution in [2.24, 2.45) is 0 Å². The van der Waals surface area contributed by atoms with Crippen LogP contribution in [0.25, 0.3) is 5.57 Å². The Morgan fingerprint density at radius 2 is 1.44 bits per heavy atom. The molecule has 148 valence electrons. The molecule has 3 rings (SSSR count). The first-order valence-corrected chi connectivity index (χ1v) is 11.5. The van der Waals surface area contributed by atoms with Gasteiger partial charge in [0.1, 0.15) is 0 Å². The SMILES string of the molecule is CCCCCCCC1(CCCCCC)C2=CCCC=C2c2ccc(N)cc21. The van der Waals surface area contributed by atoms with Gasteiger partial charge in [-0.25, -0.2) is 0 Å². The summed E-state index contributed by atoms with van der Waals surface area (Å²) in [5.41, 5.74) is 13.6. The highest BCUT2D eigenvalue weighted by Gasteiger charge is 2.44. The Kier molecular flexibility index (Phi) is 7.21. The van der Waals surface area contributed by atoms with E-state index in [-0.39, 0.29) is 5.41 Å². The summed E-state index contributed by atoms with van der Waals surface area (Å²) >= 11 is 0. The molecule has 0 fully saturated rings. The Labute approximate surface area is 167 Å². The average molecular weight is 366 g/mol. The number of allylic oxidation sites excluding steroid dienone is 4. The van der Waals surface area contributed by atoms with Gasteiger partial charge in [-0.05, 0) is 60.1 Å². The van der Waals surface area contributed by atoms with Crippen LogP contribution in [0.3, 0.4) is 0 Å². The van der Waals surface area contributed by atoms with Gasteiger partial charge in [-0.2, -0.15) is 0 Å². The molecule has 0 spiro atoms. The van der Waals surface area contributed by atoms with Gasteiger partial charge in [0.05, 0.1) is 0 Å². The lowest BCUT2D eigenvalue weighted by molar-refractivity contribution is 0.398. The van der Waals surface area contributed by atoms with Gasteiger partial charge in [-0.15, -0.1) is 0 Å². The quantitative estimate of drug-likeness (QED) is 0.312. The van der Waals surface area contributed by atoms with Crippen LogP contribution < -0.4 is 5.73 Å². The number of benzene rings is 1. The van der Waals surface area contributed by atoms with E-state index in [1.807, 2.05) is 0 Å². The fourth-order valence-corrected chi connectivity index (χ4v) is 5.27. The molecule has 0 bridgehead atoms. The predicted octanol–water partition coefficient (Wildman–Crippen LogP) is 7.95. The maximum absolute atomic E-state index is 6.27. The van der Waals surface area contributed by atoms with E-state index in [9.17, 15) is 0 Å². The molecule has 0 aromatic heterocycles. The molecule has 0 radical (unpaired) electrons. The zero-order valence-electron chi connectivity index (χ0n) is 17.7. The van der Waals surface area contributed by atoms with E-state index in [0.717, 1.165) is 5.69 Å². The topological polar surface area (TPSA) is 26.0 Å². The summed E-state index contributed by atoms with van der Waals surface area (Å²) in [5, 5.41) is 0. The zero-order valence-corrected chi connectivity index (χ0v) is 17.7. The minimum Gasteiger partial charge on any atom is -0.399 e. The van der Waals surface area contributed by atoms with Crippen LogP contribution in [0, 0.1) is 0 Å². The molecule has 2 aliphatic carbocycles. The number of hydrogen-bond acceptors (Lipinski definition) is 1. The number of hydrogen-bond donors (Lipinski definition) is 1. The monoisotopic (exact) mass is 365 g/mol. The van der Waals surface area contributed by atoms with Gasteiger partial charge in [0.2, 0.25) is 0 Å². The number of anilines is 1. The lowest BCUT2D eigenvalue weighted by Crippen LogP contribution is -2.26. The summed E-state index contributed by atoms with van der Waals surface area (Å²) in [4.78, 5) is 0. The molecule has 0 amide bonds. The van der Waals surface area contributed by atoms with Crippen molar-refractivity contribution in [3.8, 4) is 0 Å². The summed E-state index contributed by atoms with van der Waals surface area (Å²) in [6.07, 6.45) is 22.2. The third kappa shape index (κ3) is 4.33. The maximum atomic E-state index is 6.27. The molecule has 2 N–H and O–H groups in total. The van der Waals surface area contributed by atoms with E-state index in [1.54, 1.807) is 5.57 Å². The van der Waals surface area contributed by atoms with Crippen molar-refractivity contribution in [3.05, 3.63) is 47.1 Å². The van der Waals surface area contributed by atoms with Crippen LogP contribution in [0.5, 0.6) is 0 Å². The van der Waals surface area contributed by atoms with Crippen molar-refractivity contribution >= 4 is 11.3 Å². The molecule has 0 saturated carbocycles. The Morgan fingerprint density at radius 3 is 2.15 bits per heavy atom. The first-order chi connectivity index (χ1) is 13.2. The molecule has 0 heterocycles. The van der Waals surface area contributed by atoms with E-state index in [1.165, 1.54) is 100 Å². The molecular weight excluding hydrogens is 326 g/mol. The Hall–Kier alpha value is -1.50. The van der Waals surface area contributed by atoms with E-state index < -0.39 is 0 Å². The summed E-state index contributed by atoms with van der Waals surface area (Å²) in [5.74, 6) is 0. The van der Waals surface area contributed by atoms with Gasteiger partial charge in [0.25, 0.3) is 0 Å². The summed E-state index contributed by atoms with van der Waals surface area (Å²) in [6.45, 7) is 4.61. The molecule has 27 heavy (non-hydrogen) atoms. The highest BCUT2D eigenvalue weighted by molar-refractivity contribution is 5.91. The molecule has 1 atom stereocenters. The average Bonchev–Trinajstić information content (AvgIpc) is 2.95. The minimum absolute atomic E-state index is 0.219. The van der Waals surface area contributed by atoms with E-state index in [0.29, 0.717) is 0 Å². The van der Waals surface area contributed by atoms with E-state index in [4.69, 9.17) is 5.73 Å². The highest BCUT2D eigenvalue weighted by Crippen LogP contribution is 2.56. The molecule has 1 aromatic carbocycles. The minimum atomic E-state index is 0.219. The second kappa shape index (κ2) is 9.62. The second-order valence-electron chi connectivity index (χ2n) is 8.67. The van der Waals surface area contributed by atoms with Crippen LogP contribution in [-0.2, 0) is 5.41 Å². The fraction of sp³-hybridized carbons (Fsp3) is 0.615. The summed E-state index contributed by atoms with van der Waals surface area (Å²) in [6, 6.07) is 6.70. The Morgan fingerprint density at radius 1 is 0.815 bits per heavy atom. The highest BCUT2D eigenvalue weighted by atomic mass is 14.6. The first kappa shape index (κ1) is 20.2. The van der Waals surface area contributed by atoms with Gasteiger partial charge in [-0.3, -0.25) is 0 Å². The summed E-state index contributed by atoms with van der Waals surface area (Å²) in [7, 11) is 0. The third-order valence-electron chi connectivity index (χ3n) is 6.68. The number of unbranched alkanes of at least 4 members (excludes halogenated alkanes) is 7. The van der Waals surface area contributed by atoms with Crippen molar-refractivity contribution in [1.82, 2.24) is 0 Å². The number of nitrogens with two attached hydrogens (primary N) is 1. The molecular formula is C26H39N. The van der Waals surface area contributed by atoms with Crippen LogP contribution >= 0.6 is 0 Å². The van der Waals surface area contributed by atoms with Gasteiger partial charge < -0.3 is 5.73 Å². The molecule has 0 saturated heterocycles. The van der Waals surface area contributed by atoms with Crippen LogP contribution in [0.2, 0.25) is 0 Å². The zero-order chi connectivity index (χ0) is 19.1. The lowest BCUT2D eigenvalue weighted by Gasteiger charge is -2.34. The smallest absolute Gasteiger partial charge is 0.0317 e. The molecule has 2 aliphatic rings. The van der Waals surface area contributed by atoms with Crippen molar-refractivity contribution in [2.45, 2.75) is 103 Å². The summed E-state index contributed by atoms with van der Waals surface area (Å²) < 4.78 is 0. The van der Waals surface area contributed by atoms with Crippen LogP contribution in [0.4, 0.5) is 5.69 Å². The number of fused-ring (bicyclic) bond motifs is 3. The third-order valence-corrected chi connectivity index (χ3v) is 6.68. The normalized spacial score (nSPS) is 20.8. The second-order valence-corrected chi connectivity index (χ2v) is 8.67. The molecule has 0 aliphatic heterocycles. The van der Waals surface area contributed by atoms with E-state index >= 15 is 0 Å². The number of nitrogen functional groups attached to an aromatic ring is 1. The maximum Gasteiger partial charge on any atom is 0.0317 e. The molecule has 1 aromatic rings. The van der Waals surface area contributed by atoms with Crippen LogP contribution in [0.1, 0.15) is 108 Å². The Balaban J connectivity index is 1.90. The first-order valence-electron chi connectivity index (χ1n) is 11.5. The van der Waals surface area contributed by atoms with Gasteiger partial charge >= 0.3 is 0 Å². The molecule has 1 heteroatoms. The molecule has 1 unspecified atom stereocenters.